The maximum absolute atomic E-state index is 11.6. The first-order chi connectivity index (χ1) is 13.1. The number of benzene rings is 2. The summed E-state index contributed by atoms with van der Waals surface area (Å²) in [5.41, 5.74) is 1.81. The fraction of sp³-hybridized carbons (Fsp3) is 0.273. The van der Waals surface area contributed by atoms with Crippen molar-refractivity contribution in [3.05, 3.63) is 71.3 Å². The molecule has 0 unspecified atom stereocenters. The van der Waals surface area contributed by atoms with Gasteiger partial charge in [0, 0.05) is 18.5 Å². The van der Waals surface area contributed by atoms with Crippen molar-refractivity contribution in [1.29, 1.82) is 0 Å². The number of nitrogens with one attached hydrogen (secondary N) is 1. The molecule has 2 N–H and O–H groups in total. The Balaban J connectivity index is 1.43. The quantitative estimate of drug-likeness (QED) is 0.609. The summed E-state index contributed by atoms with van der Waals surface area (Å²) in [6.45, 7) is 0.621. The Morgan fingerprint density at radius 3 is 2.59 bits per heavy atom. The molecule has 0 atom stereocenters. The third-order valence-electron chi connectivity index (χ3n) is 4.54. The van der Waals surface area contributed by atoms with E-state index in [0.29, 0.717) is 25.8 Å². The van der Waals surface area contributed by atoms with Gasteiger partial charge in [0.15, 0.2) is 0 Å². The number of hydrogen-bond donors (Lipinski definition) is 2. The van der Waals surface area contributed by atoms with Gasteiger partial charge in [-0.1, -0.05) is 54.3 Å². The Morgan fingerprint density at radius 1 is 1.11 bits per heavy atom. The highest BCUT2D eigenvalue weighted by Gasteiger charge is 2.51. The Bertz CT molecular complexity index is 876. The van der Waals surface area contributed by atoms with Crippen molar-refractivity contribution in [3.63, 3.8) is 0 Å². The summed E-state index contributed by atoms with van der Waals surface area (Å²) in [6.07, 6.45) is 1.36. The Kier molecular flexibility index (Phi) is 5.77. The number of alkyl carbamates (subject to hydrolysis) is 1. The second kappa shape index (κ2) is 8.41. The van der Waals surface area contributed by atoms with Gasteiger partial charge < -0.3 is 15.2 Å². The topological polar surface area (TPSA) is 75.6 Å². The van der Waals surface area contributed by atoms with Crippen LogP contribution in [0.2, 0.25) is 0 Å². The standard InChI is InChI=1S/C22H21NO4/c24-20(25)22(12-13-22)19-11-6-10-17(15-19)7-4-5-14-23-21(26)27-16-18-8-2-1-3-9-18/h1-3,6,8-11,15H,5,12-14,16H2,(H,23,26)(H,24,25). The monoisotopic (exact) mass is 363 g/mol. The van der Waals surface area contributed by atoms with E-state index >= 15 is 0 Å². The number of carboxylic acids is 1. The Hall–Kier alpha value is -3.26. The highest BCUT2D eigenvalue weighted by atomic mass is 16.5. The van der Waals surface area contributed by atoms with Crippen LogP contribution in [0, 0.1) is 11.8 Å². The molecule has 1 aliphatic carbocycles. The average Bonchev–Trinajstić information content (AvgIpc) is 3.49. The molecule has 1 aliphatic rings. The molecule has 0 aromatic heterocycles. The minimum atomic E-state index is -0.772. The van der Waals surface area contributed by atoms with E-state index in [0.717, 1.165) is 16.7 Å². The van der Waals surface area contributed by atoms with E-state index in [4.69, 9.17) is 4.74 Å². The second-order valence-electron chi connectivity index (χ2n) is 6.51. The van der Waals surface area contributed by atoms with Crippen LogP contribution in [-0.2, 0) is 21.6 Å². The van der Waals surface area contributed by atoms with E-state index in [1.807, 2.05) is 54.6 Å². The van der Waals surface area contributed by atoms with E-state index < -0.39 is 17.5 Å². The molecule has 1 fully saturated rings. The van der Waals surface area contributed by atoms with Crippen molar-refractivity contribution in [2.24, 2.45) is 0 Å². The molecule has 0 spiro atoms. The normalized spacial score (nSPS) is 13.8. The van der Waals surface area contributed by atoms with E-state index in [1.54, 1.807) is 0 Å². The van der Waals surface area contributed by atoms with Crippen LogP contribution in [0.15, 0.2) is 54.6 Å². The number of ether oxygens (including phenoxy) is 1. The van der Waals surface area contributed by atoms with Gasteiger partial charge in [0.25, 0.3) is 0 Å². The lowest BCUT2D eigenvalue weighted by atomic mass is 9.94. The van der Waals surface area contributed by atoms with Gasteiger partial charge >= 0.3 is 12.1 Å². The molecule has 2 aromatic rings. The van der Waals surface area contributed by atoms with Gasteiger partial charge in [-0.25, -0.2) is 4.79 Å². The first-order valence-corrected chi connectivity index (χ1v) is 8.87. The number of amides is 1. The molecule has 0 radical (unpaired) electrons. The van der Waals surface area contributed by atoms with Crippen LogP contribution >= 0.6 is 0 Å². The summed E-state index contributed by atoms with van der Waals surface area (Å²) in [6, 6.07) is 16.9. The Morgan fingerprint density at radius 2 is 1.89 bits per heavy atom. The van der Waals surface area contributed by atoms with E-state index in [1.165, 1.54) is 0 Å². The lowest BCUT2D eigenvalue weighted by Crippen LogP contribution is -2.24. The zero-order valence-corrected chi connectivity index (χ0v) is 14.9. The van der Waals surface area contributed by atoms with Crippen LogP contribution in [0.5, 0.6) is 0 Å². The molecule has 5 heteroatoms. The lowest BCUT2D eigenvalue weighted by Gasteiger charge is -2.09. The number of carbonyl (C=O) groups excluding carboxylic acids is 1. The van der Waals surface area contributed by atoms with E-state index in [9.17, 15) is 14.7 Å². The van der Waals surface area contributed by atoms with Crippen molar-refractivity contribution < 1.29 is 19.4 Å². The van der Waals surface area contributed by atoms with Gasteiger partial charge in [0.1, 0.15) is 6.61 Å². The van der Waals surface area contributed by atoms with Crippen molar-refractivity contribution in [1.82, 2.24) is 5.32 Å². The molecule has 3 rings (SSSR count). The first kappa shape index (κ1) is 18.5. The minimum absolute atomic E-state index is 0.233. The maximum atomic E-state index is 11.6. The van der Waals surface area contributed by atoms with Crippen LogP contribution in [-0.4, -0.2) is 23.7 Å². The predicted molar refractivity (Wildman–Crippen MR) is 101 cm³/mol. The van der Waals surface area contributed by atoms with Crippen LogP contribution in [0.3, 0.4) is 0 Å². The molecule has 2 aromatic carbocycles. The van der Waals surface area contributed by atoms with Gasteiger partial charge in [0.2, 0.25) is 0 Å². The molecule has 138 valence electrons. The summed E-state index contributed by atoms with van der Waals surface area (Å²) >= 11 is 0. The fourth-order valence-corrected chi connectivity index (χ4v) is 2.81. The SMILES string of the molecule is O=C(NCCC#Cc1cccc(C2(C(=O)O)CC2)c1)OCc1ccccc1. The highest BCUT2D eigenvalue weighted by Crippen LogP contribution is 2.48. The van der Waals surface area contributed by atoms with Crippen LogP contribution < -0.4 is 5.32 Å². The van der Waals surface area contributed by atoms with Crippen LogP contribution in [0.4, 0.5) is 4.79 Å². The average molecular weight is 363 g/mol. The predicted octanol–water partition coefficient (Wildman–Crippen LogP) is 3.47. The minimum Gasteiger partial charge on any atom is -0.481 e. The summed E-state index contributed by atoms with van der Waals surface area (Å²) in [5, 5.41) is 12.0. The second-order valence-corrected chi connectivity index (χ2v) is 6.51. The molecule has 5 nitrogen and oxygen atoms in total. The van der Waals surface area contributed by atoms with Gasteiger partial charge in [-0.05, 0) is 36.1 Å². The molecule has 1 amide bonds. The third kappa shape index (κ3) is 4.89. The zero-order chi connectivity index (χ0) is 19.1. The number of aliphatic carboxylic acids is 1. The van der Waals surface area contributed by atoms with Crippen molar-refractivity contribution in [2.45, 2.75) is 31.3 Å². The molecule has 0 saturated heterocycles. The fourth-order valence-electron chi connectivity index (χ4n) is 2.81. The van der Waals surface area contributed by atoms with Crippen molar-refractivity contribution in [3.8, 4) is 11.8 Å². The number of carbonyl (C=O) groups is 2. The summed E-state index contributed by atoms with van der Waals surface area (Å²) in [7, 11) is 0. The smallest absolute Gasteiger partial charge is 0.407 e. The molecular weight excluding hydrogens is 342 g/mol. The van der Waals surface area contributed by atoms with E-state index in [2.05, 4.69) is 17.2 Å². The molecule has 0 bridgehead atoms. The number of rotatable bonds is 6. The summed E-state index contributed by atoms with van der Waals surface area (Å²) in [5.74, 6) is 5.24. The third-order valence-corrected chi connectivity index (χ3v) is 4.54. The largest absolute Gasteiger partial charge is 0.481 e. The highest BCUT2D eigenvalue weighted by molar-refractivity contribution is 5.85. The molecule has 0 heterocycles. The van der Waals surface area contributed by atoms with Gasteiger partial charge in [-0.2, -0.15) is 0 Å². The first-order valence-electron chi connectivity index (χ1n) is 8.87. The van der Waals surface area contributed by atoms with Gasteiger partial charge in [-0.3, -0.25) is 4.79 Å². The molecule has 27 heavy (non-hydrogen) atoms. The van der Waals surface area contributed by atoms with Crippen molar-refractivity contribution >= 4 is 12.1 Å². The summed E-state index contributed by atoms with van der Waals surface area (Å²) in [4.78, 5) is 23.1. The zero-order valence-electron chi connectivity index (χ0n) is 14.9. The number of hydrogen-bond acceptors (Lipinski definition) is 3. The summed E-state index contributed by atoms with van der Waals surface area (Å²) < 4.78 is 5.12. The molecule has 1 saturated carbocycles. The lowest BCUT2D eigenvalue weighted by molar-refractivity contribution is -0.140. The molecule has 0 aliphatic heterocycles. The van der Waals surface area contributed by atoms with Crippen LogP contribution in [0.1, 0.15) is 36.0 Å². The van der Waals surface area contributed by atoms with Gasteiger partial charge in [0.05, 0.1) is 5.41 Å². The molecular formula is C22H21NO4. The maximum Gasteiger partial charge on any atom is 0.407 e. The van der Waals surface area contributed by atoms with Crippen molar-refractivity contribution in [2.75, 3.05) is 6.54 Å². The van der Waals surface area contributed by atoms with Gasteiger partial charge in [-0.15, -0.1) is 0 Å². The van der Waals surface area contributed by atoms with E-state index in [-0.39, 0.29) is 6.61 Å². The number of carboxylic acid groups (broad SMARTS) is 1. The Labute approximate surface area is 158 Å². The van der Waals surface area contributed by atoms with Crippen LogP contribution in [0.25, 0.3) is 0 Å².